The number of guanidine groups is 1. The Bertz CT molecular complexity index is 502. The Hall–Kier alpha value is -0.790. The second kappa shape index (κ2) is 4.71. The topological polar surface area (TPSA) is 71.0 Å². The molecule has 2 aliphatic heterocycles. The maximum Gasteiger partial charge on any atom is 0.343 e. The first-order valence-corrected chi connectivity index (χ1v) is 7.31. The van der Waals surface area contributed by atoms with Gasteiger partial charge in [0.05, 0.1) is 4.60 Å². The molecule has 2 unspecified atom stereocenters. The van der Waals surface area contributed by atoms with E-state index in [-0.39, 0.29) is 12.2 Å². The summed E-state index contributed by atoms with van der Waals surface area (Å²) in [4.78, 5) is 8.85. The van der Waals surface area contributed by atoms with Crippen molar-refractivity contribution in [3.63, 3.8) is 0 Å². The first-order chi connectivity index (χ1) is 8.63. The molecule has 0 amide bonds. The fourth-order valence-electron chi connectivity index (χ4n) is 2.40. The number of H-pyrrole nitrogens is 1. The van der Waals surface area contributed by atoms with Crippen molar-refractivity contribution in [1.29, 1.82) is 0 Å². The fourth-order valence-corrected chi connectivity index (χ4v) is 3.14. The van der Waals surface area contributed by atoms with E-state index in [0.29, 0.717) is 5.96 Å². The summed E-state index contributed by atoms with van der Waals surface area (Å²) in [5.74, 6) is 0.649. The normalized spacial score (nSPS) is 26.9. The molecule has 18 heavy (non-hydrogen) atoms. The SMILES string of the molecule is NC1=[NH+]C2C=CCN(Cc3cc(Br)c(Br)[nH]3)C2N1. The molecule has 0 aliphatic carbocycles. The molecule has 0 radical (unpaired) electrons. The summed E-state index contributed by atoms with van der Waals surface area (Å²) in [5, 5.41) is 3.27. The summed E-state index contributed by atoms with van der Waals surface area (Å²) in [6.07, 6.45) is 4.55. The first kappa shape index (κ1) is 12.3. The molecule has 0 spiro atoms. The molecule has 5 nitrogen and oxygen atoms in total. The number of nitrogens with two attached hydrogens (primary N) is 1. The first-order valence-electron chi connectivity index (χ1n) is 5.72. The van der Waals surface area contributed by atoms with Gasteiger partial charge in [-0.2, -0.15) is 0 Å². The van der Waals surface area contributed by atoms with E-state index in [0.717, 1.165) is 27.9 Å². The molecule has 0 saturated carbocycles. The summed E-state index contributed by atoms with van der Waals surface area (Å²) >= 11 is 6.94. The van der Waals surface area contributed by atoms with Crippen LogP contribution in [-0.2, 0) is 6.54 Å². The van der Waals surface area contributed by atoms with E-state index in [4.69, 9.17) is 5.73 Å². The predicted octanol–water partition coefficient (Wildman–Crippen LogP) is -0.395. The molecule has 1 aromatic heterocycles. The van der Waals surface area contributed by atoms with Gasteiger partial charge in [-0.3, -0.25) is 20.9 Å². The molecular weight excluding hydrogens is 362 g/mol. The lowest BCUT2D eigenvalue weighted by Crippen LogP contribution is -2.80. The highest BCUT2D eigenvalue weighted by Crippen LogP contribution is 2.24. The van der Waals surface area contributed by atoms with Gasteiger partial charge in [-0.05, 0) is 44.0 Å². The zero-order valence-electron chi connectivity index (χ0n) is 9.58. The maximum atomic E-state index is 5.79. The highest BCUT2D eigenvalue weighted by atomic mass is 79.9. The molecule has 96 valence electrons. The Morgan fingerprint density at radius 3 is 3.06 bits per heavy atom. The van der Waals surface area contributed by atoms with E-state index >= 15 is 0 Å². The quantitative estimate of drug-likeness (QED) is 0.532. The second-order valence-electron chi connectivity index (χ2n) is 4.49. The van der Waals surface area contributed by atoms with E-state index in [9.17, 15) is 0 Å². The third-order valence-corrected chi connectivity index (χ3v) is 4.98. The number of aromatic nitrogens is 1. The Morgan fingerprint density at radius 2 is 2.33 bits per heavy atom. The average molecular weight is 376 g/mol. The molecule has 0 saturated heterocycles. The van der Waals surface area contributed by atoms with Gasteiger partial charge < -0.3 is 4.98 Å². The number of nitrogens with one attached hydrogen (secondary N) is 3. The summed E-state index contributed by atoms with van der Waals surface area (Å²) in [6, 6.07) is 2.34. The molecule has 2 atom stereocenters. The third kappa shape index (κ3) is 2.22. The van der Waals surface area contributed by atoms with Gasteiger partial charge in [0.2, 0.25) is 0 Å². The Kier molecular flexibility index (Phi) is 3.21. The molecule has 0 fully saturated rings. The van der Waals surface area contributed by atoms with Gasteiger partial charge in [0.1, 0.15) is 6.04 Å². The zero-order valence-corrected chi connectivity index (χ0v) is 12.8. The van der Waals surface area contributed by atoms with Crippen LogP contribution in [0.5, 0.6) is 0 Å². The van der Waals surface area contributed by atoms with Crippen LogP contribution >= 0.6 is 31.9 Å². The van der Waals surface area contributed by atoms with E-state index in [2.05, 4.69) is 70.3 Å². The third-order valence-electron chi connectivity index (χ3n) is 3.20. The van der Waals surface area contributed by atoms with E-state index < -0.39 is 0 Å². The van der Waals surface area contributed by atoms with Crippen LogP contribution in [0.25, 0.3) is 0 Å². The molecule has 0 aromatic carbocycles. The summed E-state index contributed by atoms with van der Waals surface area (Å²) < 4.78 is 2.02. The van der Waals surface area contributed by atoms with Crippen LogP contribution in [0.15, 0.2) is 27.3 Å². The van der Waals surface area contributed by atoms with Crippen LogP contribution in [0.1, 0.15) is 5.69 Å². The molecule has 3 rings (SSSR count). The minimum atomic E-state index is 0.218. The van der Waals surface area contributed by atoms with Crippen molar-refractivity contribution in [2.45, 2.75) is 18.8 Å². The number of rotatable bonds is 2. The van der Waals surface area contributed by atoms with Crippen LogP contribution in [0.4, 0.5) is 0 Å². The average Bonchev–Trinajstić information content (AvgIpc) is 2.83. The number of fused-ring (bicyclic) bond motifs is 1. The molecule has 0 bridgehead atoms. The number of hydrogen-bond donors (Lipinski definition) is 4. The van der Waals surface area contributed by atoms with Gasteiger partial charge in [-0.1, -0.05) is 6.08 Å². The van der Waals surface area contributed by atoms with Crippen molar-refractivity contribution >= 4 is 37.8 Å². The number of aromatic amines is 1. The Labute approximate surface area is 122 Å². The minimum Gasteiger partial charge on any atom is -0.351 e. The Balaban J connectivity index is 1.75. The van der Waals surface area contributed by atoms with Crippen molar-refractivity contribution in [3.8, 4) is 0 Å². The number of nitrogens with zero attached hydrogens (tertiary/aromatic N) is 1. The highest BCUT2D eigenvalue weighted by Gasteiger charge is 2.37. The summed E-state index contributed by atoms with van der Waals surface area (Å²) in [6.45, 7) is 1.76. The standard InChI is InChI=1S/C11H13Br2N5/c12-7-4-6(15-9(7)13)5-18-3-1-2-8-10(18)17-11(14)16-8/h1-2,4,8,10,15H,3,5H2,(H3,14,16,17)/p+1. The lowest BCUT2D eigenvalue weighted by Gasteiger charge is -2.30. The van der Waals surface area contributed by atoms with Gasteiger partial charge in [0.25, 0.3) is 0 Å². The predicted molar refractivity (Wildman–Crippen MR) is 76.6 cm³/mol. The molecule has 1 aromatic rings. The summed E-state index contributed by atoms with van der Waals surface area (Å²) in [5.41, 5.74) is 6.95. The Morgan fingerprint density at radius 1 is 1.50 bits per heavy atom. The van der Waals surface area contributed by atoms with E-state index in [1.165, 1.54) is 0 Å². The lowest BCUT2D eigenvalue weighted by atomic mass is 10.1. The van der Waals surface area contributed by atoms with Crippen molar-refractivity contribution < 1.29 is 4.99 Å². The van der Waals surface area contributed by atoms with E-state index in [1.54, 1.807) is 0 Å². The monoisotopic (exact) mass is 374 g/mol. The van der Waals surface area contributed by atoms with Crippen LogP contribution in [-0.4, -0.2) is 34.6 Å². The second-order valence-corrected chi connectivity index (χ2v) is 6.13. The maximum absolute atomic E-state index is 5.79. The van der Waals surface area contributed by atoms with Crippen LogP contribution in [0, 0.1) is 0 Å². The highest BCUT2D eigenvalue weighted by molar-refractivity contribution is 9.13. The molecule has 3 heterocycles. The van der Waals surface area contributed by atoms with Crippen molar-refractivity contribution in [2.24, 2.45) is 5.73 Å². The fraction of sp³-hybridized carbons (Fsp3) is 0.364. The van der Waals surface area contributed by atoms with Gasteiger partial charge in [0.15, 0.2) is 6.17 Å². The van der Waals surface area contributed by atoms with Crippen molar-refractivity contribution in [3.05, 3.63) is 33.0 Å². The smallest absolute Gasteiger partial charge is 0.343 e. The number of hydrogen-bond acceptors (Lipinski definition) is 3. The van der Waals surface area contributed by atoms with Crippen LogP contribution < -0.4 is 16.0 Å². The van der Waals surface area contributed by atoms with E-state index in [1.807, 2.05) is 0 Å². The minimum absolute atomic E-state index is 0.218. The van der Waals surface area contributed by atoms with Crippen LogP contribution in [0.2, 0.25) is 0 Å². The van der Waals surface area contributed by atoms with Crippen LogP contribution in [0.3, 0.4) is 0 Å². The largest absolute Gasteiger partial charge is 0.351 e. The number of halogens is 2. The van der Waals surface area contributed by atoms with Crippen molar-refractivity contribution in [2.75, 3.05) is 6.54 Å². The van der Waals surface area contributed by atoms with Gasteiger partial charge in [0, 0.05) is 23.3 Å². The van der Waals surface area contributed by atoms with Gasteiger partial charge in [-0.15, -0.1) is 0 Å². The molecule has 7 heteroatoms. The van der Waals surface area contributed by atoms with Crippen molar-refractivity contribution in [1.82, 2.24) is 15.2 Å². The zero-order chi connectivity index (χ0) is 12.7. The molecule has 5 N–H and O–H groups in total. The van der Waals surface area contributed by atoms with Gasteiger partial charge in [-0.25, -0.2) is 0 Å². The lowest BCUT2D eigenvalue weighted by molar-refractivity contribution is -0.487. The molecular formula is C11H14Br2N5+. The molecule has 2 aliphatic rings. The summed E-state index contributed by atoms with van der Waals surface area (Å²) in [7, 11) is 0. The van der Waals surface area contributed by atoms with Gasteiger partial charge >= 0.3 is 5.96 Å².